The van der Waals surface area contributed by atoms with Gasteiger partial charge in [-0.25, -0.2) is 9.97 Å². The summed E-state index contributed by atoms with van der Waals surface area (Å²) >= 11 is 0. The van der Waals surface area contributed by atoms with Crippen LogP contribution < -0.4 is 4.90 Å². The van der Waals surface area contributed by atoms with Crippen LogP contribution in [0.3, 0.4) is 0 Å². The maximum absolute atomic E-state index is 12.6. The summed E-state index contributed by atoms with van der Waals surface area (Å²) in [7, 11) is 3.73. The van der Waals surface area contributed by atoms with Gasteiger partial charge in [0.15, 0.2) is 0 Å². The van der Waals surface area contributed by atoms with Gasteiger partial charge in [-0.1, -0.05) is 30.3 Å². The van der Waals surface area contributed by atoms with Crippen LogP contribution in [0.5, 0.6) is 0 Å². The zero-order chi connectivity index (χ0) is 19.1. The molecule has 27 heavy (non-hydrogen) atoms. The summed E-state index contributed by atoms with van der Waals surface area (Å²) in [5.41, 5.74) is 2.82. The molecule has 2 heterocycles. The monoisotopic (exact) mass is 361 g/mol. The van der Waals surface area contributed by atoms with Crippen molar-refractivity contribution < 1.29 is 4.79 Å². The minimum atomic E-state index is -0.0821. The third kappa shape index (κ3) is 5.10. The van der Waals surface area contributed by atoms with Crippen LogP contribution >= 0.6 is 0 Å². The first kappa shape index (κ1) is 18.5. The van der Waals surface area contributed by atoms with Gasteiger partial charge in [-0.3, -0.25) is 9.78 Å². The molecule has 1 aromatic carbocycles. The average Bonchev–Trinajstić information content (AvgIpc) is 2.73. The molecule has 0 aliphatic carbocycles. The first-order valence-corrected chi connectivity index (χ1v) is 8.85. The number of anilines is 1. The molecular formula is C21H23N5O. The summed E-state index contributed by atoms with van der Waals surface area (Å²) in [6, 6.07) is 14.0. The molecule has 0 atom stereocenters. The topological polar surface area (TPSA) is 62.2 Å². The first-order valence-electron chi connectivity index (χ1n) is 8.85. The fourth-order valence-corrected chi connectivity index (χ4v) is 2.72. The van der Waals surface area contributed by atoms with E-state index in [2.05, 4.69) is 27.1 Å². The van der Waals surface area contributed by atoms with Crippen LogP contribution in [0.2, 0.25) is 0 Å². The van der Waals surface area contributed by atoms with Gasteiger partial charge >= 0.3 is 0 Å². The third-order valence-electron chi connectivity index (χ3n) is 4.32. The molecule has 0 spiro atoms. The van der Waals surface area contributed by atoms with Gasteiger partial charge < -0.3 is 9.80 Å². The van der Waals surface area contributed by atoms with Gasteiger partial charge in [0.2, 0.25) is 5.95 Å². The fourth-order valence-electron chi connectivity index (χ4n) is 2.72. The summed E-state index contributed by atoms with van der Waals surface area (Å²) in [4.78, 5) is 28.9. The number of likely N-dealkylation sites (N-methyl/N-ethyl adjacent to an activating group) is 1. The Bertz CT molecular complexity index is 853. The zero-order valence-electron chi connectivity index (χ0n) is 15.6. The molecule has 0 N–H and O–H groups in total. The summed E-state index contributed by atoms with van der Waals surface area (Å²) in [6.07, 6.45) is 7.49. The van der Waals surface area contributed by atoms with Crippen LogP contribution in [0.25, 0.3) is 0 Å². The Labute approximate surface area is 159 Å². The van der Waals surface area contributed by atoms with E-state index in [0.717, 1.165) is 12.0 Å². The van der Waals surface area contributed by atoms with Crippen LogP contribution in [0.15, 0.2) is 67.3 Å². The van der Waals surface area contributed by atoms with E-state index in [1.165, 1.54) is 5.56 Å². The Morgan fingerprint density at radius 2 is 1.59 bits per heavy atom. The van der Waals surface area contributed by atoms with Gasteiger partial charge in [0.1, 0.15) is 0 Å². The Kier molecular flexibility index (Phi) is 6.10. The lowest BCUT2D eigenvalue weighted by atomic mass is 10.2. The smallest absolute Gasteiger partial charge is 0.256 e. The Morgan fingerprint density at radius 3 is 2.26 bits per heavy atom. The predicted octanol–water partition coefficient (Wildman–Crippen LogP) is 2.82. The largest absolute Gasteiger partial charge is 0.341 e. The summed E-state index contributed by atoms with van der Waals surface area (Å²) in [5.74, 6) is 0.510. The Morgan fingerprint density at radius 1 is 0.926 bits per heavy atom. The molecule has 1 amide bonds. The van der Waals surface area contributed by atoms with Crippen molar-refractivity contribution in [2.75, 3.05) is 25.5 Å². The lowest BCUT2D eigenvalue weighted by molar-refractivity contribution is 0.0796. The molecule has 0 unspecified atom stereocenters. The second-order valence-electron chi connectivity index (χ2n) is 6.45. The van der Waals surface area contributed by atoms with E-state index in [9.17, 15) is 4.79 Å². The van der Waals surface area contributed by atoms with Crippen molar-refractivity contribution in [3.63, 3.8) is 0 Å². The molecule has 0 fully saturated rings. The van der Waals surface area contributed by atoms with E-state index in [4.69, 9.17) is 0 Å². The van der Waals surface area contributed by atoms with Crippen molar-refractivity contribution in [1.82, 2.24) is 19.9 Å². The molecule has 0 aliphatic heterocycles. The molecular weight excluding hydrogens is 338 g/mol. The maximum atomic E-state index is 12.6. The summed E-state index contributed by atoms with van der Waals surface area (Å²) in [5, 5.41) is 0. The second-order valence-corrected chi connectivity index (χ2v) is 6.45. The lowest BCUT2D eigenvalue weighted by Crippen LogP contribution is -2.29. The van der Waals surface area contributed by atoms with E-state index < -0.39 is 0 Å². The highest BCUT2D eigenvalue weighted by Crippen LogP contribution is 2.11. The van der Waals surface area contributed by atoms with Gasteiger partial charge in [-0.05, 0) is 29.7 Å². The number of benzene rings is 1. The maximum Gasteiger partial charge on any atom is 0.256 e. The molecule has 0 saturated heterocycles. The van der Waals surface area contributed by atoms with Gasteiger partial charge in [0.25, 0.3) is 5.91 Å². The number of hydrogen-bond donors (Lipinski definition) is 0. The van der Waals surface area contributed by atoms with Crippen LogP contribution in [0.1, 0.15) is 21.5 Å². The van der Waals surface area contributed by atoms with Crippen molar-refractivity contribution in [1.29, 1.82) is 0 Å². The quantitative estimate of drug-likeness (QED) is 0.648. The number of amides is 1. The molecule has 2 aromatic heterocycles. The fraction of sp³-hybridized carbons (Fsp3) is 0.238. The van der Waals surface area contributed by atoms with Crippen molar-refractivity contribution in [3.05, 3.63) is 83.9 Å². The molecule has 0 saturated carbocycles. The highest BCUT2D eigenvalue weighted by atomic mass is 16.2. The van der Waals surface area contributed by atoms with Gasteiger partial charge in [-0.15, -0.1) is 0 Å². The van der Waals surface area contributed by atoms with Crippen LogP contribution in [0.4, 0.5) is 5.95 Å². The average molecular weight is 361 g/mol. The van der Waals surface area contributed by atoms with E-state index in [0.29, 0.717) is 24.6 Å². The number of pyridine rings is 1. The normalized spacial score (nSPS) is 10.4. The minimum Gasteiger partial charge on any atom is -0.341 e. The van der Waals surface area contributed by atoms with Gasteiger partial charge in [0.05, 0.1) is 5.56 Å². The van der Waals surface area contributed by atoms with Gasteiger partial charge in [-0.2, -0.15) is 0 Å². The van der Waals surface area contributed by atoms with Crippen molar-refractivity contribution in [2.24, 2.45) is 0 Å². The molecule has 138 valence electrons. The van der Waals surface area contributed by atoms with Crippen molar-refractivity contribution >= 4 is 11.9 Å². The Hall–Kier alpha value is -3.28. The highest BCUT2D eigenvalue weighted by Gasteiger charge is 2.14. The van der Waals surface area contributed by atoms with Crippen molar-refractivity contribution in [2.45, 2.75) is 13.0 Å². The summed E-state index contributed by atoms with van der Waals surface area (Å²) < 4.78 is 0. The van der Waals surface area contributed by atoms with Crippen LogP contribution in [0, 0.1) is 0 Å². The number of carbonyl (C=O) groups excluding carboxylic acids is 1. The number of carbonyl (C=O) groups is 1. The Balaban J connectivity index is 1.57. The third-order valence-corrected chi connectivity index (χ3v) is 4.32. The SMILES string of the molecule is CN(CCc1ccncc1)C(=O)c1cnc(N(C)Cc2ccccc2)nc1. The van der Waals surface area contributed by atoms with E-state index in [-0.39, 0.29) is 5.91 Å². The molecule has 0 bridgehead atoms. The second kappa shape index (κ2) is 8.89. The number of hydrogen-bond acceptors (Lipinski definition) is 5. The molecule has 6 nitrogen and oxygen atoms in total. The minimum absolute atomic E-state index is 0.0821. The number of aromatic nitrogens is 3. The number of nitrogens with zero attached hydrogens (tertiary/aromatic N) is 5. The molecule has 3 rings (SSSR count). The molecule has 0 aliphatic rings. The van der Waals surface area contributed by atoms with Crippen LogP contribution in [-0.2, 0) is 13.0 Å². The van der Waals surface area contributed by atoms with E-state index >= 15 is 0 Å². The summed E-state index contributed by atoms with van der Waals surface area (Å²) in [6.45, 7) is 1.33. The van der Waals surface area contributed by atoms with Gasteiger partial charge in [0, 0.05) is 52.0 Å². The zero-order valence-corrected chi connectivity index (χ0v) is 15.6. The first-order chi connectivity index (χ1) is 13.1. The molecule has 6 heteroatoms. The highest BCUT2D eigenvalue weighted by molar-refractivity contribution is 5.93. The molecule has 3 aromatic rings. The van der Waals surface area contributed by atoms with Crippen molar-refractivity contribution in [3.8, 4) is 0 Å². The van der Waals surface area contributed by atoms with Crippen LogP contribution in [-0.4, -0.2) is 46.4 Å². The van der Waals surface area contributed by atoms with E-state index in [1.807, 2.05) is 42.3 Å². The molecule has 0 radical (unpaired) electrons. The lowest BCUT2D eigenvalue weighted by Gasteiger charge is -2.19. The van der Waals surface area contributed by atoms with E-state index in [1.54, 1.807) is 36.7 Å². The predicted molar refractivity (Wildman–Crippen MR) is 105 cm³/mol. The standard InChI is InChI=1S/C21H23N5O/c1-25(13-10-17-8-11-22-12-9-17)20(27)19-14-23-21(24-15-19)26(2)16-18-6-4-3-5-7-18/h3-9,11-12,14-15H,10,13,16H2,1-2H3. The number of rotatable bonds is 7.